The molecule has 4 unspecified atom stereocenters. The Balaban J connectivity index is 1.22. The lowest BCUT2D eigenvalue weighted by Gasteiger charge is -2.41. The monoisotopic (exact) mass is 705 g/mol. The van der Waals surface area contributed by atoms with Gasteiger partial charge in [0.1, 0.15) is 5.56 Å². The van der Waals surface area contributed by atoms with Crippen LogP contribution in [0.1, 0.15) is 51.9 Å². The van der Waals surface area contributed by atoms with Crippen LogP contribution in [0.25, 0.3) is 11.1 Å². The van der Waals surface area contributed by atoms with Gasteiger partial charge in [-0.1, -0.05) is 85.8 Å². The summed E-state index contributed by atoms with van der Waals surface area (Å²) in [6.07, 6.45) is -1.18. The first-order chi connectivity index (χ1) is 24.1. The third kappa shape index (κ3) is 7.61. The van der Waals surface area contributed by atoms with Crippen molar-refractivity contribution in [1.29, 1.82) is 0 Å². The molecule has 258 valence electrons. The summed E-state index contributed by atoms with van der Waals surface area (Å²) in [5, 5.41) is 11.8. The van der Waals surface area contributed by atoms with Crippen molar-refractivity contribution in [2.24, 2.45) is 5.92 Å². The van der Waals surface area contributed by atoms with E-state index < -0.39 is 46.8 Å². The van der Waals surface area contributed by atoms with Gasteiger partial charge in [-0.25, -0.2) is 22.0 Å². The number of aliphatic hydroxyl groups excluding tert-OH is 1. The summed E-state index contributed by atoms with van der Waals surface area (Å²) in [5.41, 5.74) is 3.05. The maximum absolute atomic E-state index is 14.2. The molecule has 11 heteroatoms. The Hall–Kier alpha value is -4.55. The number of thioether (sulfide) groups is 1. The molecular weight excluding hydrogens is 673 g/mol. The summed E-state index contributed by atoms with van der Waals surface area (Å²) in [5.74, 6) is -11.9. The van der Waals surface area contributed by atoms with Gasteiger partial charge in [-0.05, 0) is 52.1 Å². The average Bonchev–Trinajstić information content (AvgIpc) is 3.15. The van der Waals surface area contributed by atoms with Gasteiger partial charge in [-0.3, -0.25) is 4.79 Å². The third-order valence-electron chi connectivity index (χ3n) is 8.59. The van der Waals surface area contributed by atoms with Crippen LogP contribution >= 0.6 is 11.8 Å². The number of carbonyl (C=O) groups excluding carboxylic acids is 1. The molecule has 5 nitrogen and oxygen atoms in total. The van der Waals surface area contributed by atoms with Crippen LogP contribution in [0.3, 0.4) is 0 Å². The Morgan fingerprint density at radius 1 is 0.720 bits per heavy atom. The van der Waals surface area contributed by atoms with Gasteiger partial charge in [0.25, 0.3) is 5.91 Å². The Labute approximate surface area is 290 Å². The predicted molar refractivity (Wildman–Crippen MR) is 179 cm³/mol. The molecule has 0 radical (unpaired) electrons. The van der Waals surface area contributed by atoms with Crippen molar-refractivity contribution in [2.75, 3.05) is 5.75 Å². The van der Waals surface area contributed by atoms with Crippen LogP contribution in [-0.2, 0) is 22.6 Å². The van der Waals surface area contributed by atoms with Gasteiger partial charge in [0.15, 0.2) is 29.6 Å². The van der Waals surface area contributed by atoms with Crippen molar-refractivity contribution in [3.63, 3.8) is 0 Å². The topological polar surface area (TPSA) is 67.8 Å². The second-order valence-corrected chi connectivity index (χ2v) is 13.0. The van der Waals surface area contributed by atoms with Gasteiger partial charge in [0, 0.05) is 28.7 Å². The number of ether oxygens (including phenoxy) is 2. The van der Waals surface area contributed by atoms with Crippen LogP contribution in [0.15, 0.2) is 108 Å². The highest BCUT2D eigenvalue weighted by Crippen LogP contribution is 2.43. The molecule has 1 saturated heterocycles. The number of carbonyl (C=O) groups is 1. The molecule has 1 fully saturated rings. The van der Waals surface area contributed by atoms with Crippen LogP contribution in [0.4, 0.5) is 22.0 Å². The number of rotatable bonds is 10. The lowest BCUT2D eigenvalue weighted by atomic mass is 9.91. The molecule has 0 aromatic heterocycles. The fourth-order valence-corrected chi connectivity index (χ4v) is 6.89. The zero-order valence-corrected chi connectivity index (χ0v) is 27.5. The van der Waals surface area contributed by atoms with E-state index in [9.17, 15) is 31.9 Å². The number of amides is 1. The molecule has 1 aliphatic heterocycles. The molecule has 5 aromatic rings. The van der Waals surface area contributed by atoms with E-state index in [-0.39, 0.29) is 31.3 Å². The molecule has 6 rings (SSSR count). The molecule has 0 spiro atoms. The van der Waals surface area contributed by atoms with Crippen LogP contribution in [0, 0.1) is 35.0 Å². The molecule has 0 saturated carbocycles. The zero-order chi connectivity index (χ0) is 35.4. The SMILES string of the molecule is CC1C(CSc2ccccc2)OC(c2cccc(-c3cccc(CNC(=O)c4c(F)c(F)c(F)c(F)c4F)c3)c2)OC1c1ccc(CO)cc1. The summed E-state index contributed by atoms with van der Waals surface area (Å²) in [4.78, 5) is 13.6. The minimum atomic E-state index is -2.33. The molecule has 0 aliphatic carbocycles. The normalized spacial score (nSPS) is 18.9. The minimum absolute atomic E-state index is 0.00218. The predicted octanol–water partition coefficient (Wildman–Crippen LogP) is 9.06. The second-order valence-electron chi connectivity index (χ2n) is 11.9. The standard InChI is InChI=1S/C39H32F5NO4S/c1-22-30(21-50-29-11-3-2-4-12-29)48-39(49-37(22)25-15-13-23(20-46)14-16-25)28-10-6-9-27(18-28)26-8-5-7-24(17-26)19-45-38(47)31-32(40)34(42)36(44)35(43)33(31)41/h2-18,22,30,37,39,46H,19-21H2,1H3,(H,45,47). The van der Waals surface area contributed by atoms with Crippen molar-refractivity contribution in [1.82, 2.24) is 5.32 Å². The number of hydrogen-bond donors (Lipinski definition) is 2. The van der Waals surface area contributed by atoms with E-state index >= 15 is 0 Å². The van der Waals surface area contributed by atoms with Gasteiger partial charge in [0.2, 0.25) is 5.82 Å². The first kappa shape index (κ1) is 35.3. The maximum atomic E-state index is 14.2. The fourth-order valence-electron chi connectivity index (χ4n) is 5.81. The molecule has 0 bridgehead atoms. The molecule has 1 heterocycles. The summed E-state index contributed by atoms with van der Waals surface area (Å²) in [6.45, 7) is 1.80. The summed E-state index contributed by atoms with van der Waals surface area (Å²) in [7, 11) is 0. The quantitative estimate of drug-likeness (QED) is 0.0657. The van der Waals surface area contributed by atoms with Crippen molar-refractivity contribution < 1.29 is 41.3 Å². The van der Waals surface area contributed by atoms with Gasteiger partial charge in [-0.2, -0.15) is 0 Å². The van der Waals surface area contributed by atoms with E-state index in [0.717, 1.165) is 32.7 Å². The number of halogens is 5. The van der Waals surface area contributed by atoms with E-state index in [1.165, 1.54) is 0 Å². The number of hydrogen-bond acceptors (Lipinski definition) is 5. The number of aliphatic hydroxyl groups is 1. The third-order valence-corrected chi connectivity index (χ3v) is 9.69. The van der Waals surface area contributed by atoms with Crippen molar-refractivity contribution >= 4 is 17.7 Å². The molecule has 1 amide bonds. The van der Waals surface area contributed by atoms with E-state index in [2.05, 4.69) is 24.4 Å². The van der Waals surface area contributed by atoms with Crippen LogP contribution in [-0.4, -0.2) is 22.9 Å². The Kier molecular flexibility index (Phi) is 11.0. The summed E-state index contributed by atoms with van der Waals surface area (Å²) < 4.78 is 82.3. The van der Waals surface area contributed by atoms with Gasteiger partial charge in [-0.15, -0.1) is 11.8 Å². The molecule has 5 aromatic carbocycles. The largest absolute Gasteiger partial charge is 0.392 e. The average molecular weight is 706 g/mol. The first-order valence-electron chi connectivity index (χ1n) is 15.8. The van der Waals surface area contributed by atoms with Crippen LogP contribution in [0.2, 0.25) is 0 Å². The van der Waals surface area contributed by atoms with Crippen LogP contribution < -0.4 is 5.32 Å². The summed E-state index contributed by atoms with van der Waals surface area (Å²) in [6, 6.07) is 32.3. The summed E-state index contributed by atoms with van der Waals surface area (Å²) >= 11 is 1.70. The highest BCUT2D eigenvalue weighted by molar-refractivity contribution is 7.99. The highest BCUT2D eigenvalue weighted by Gasteiger charge is 2.38. The molecule has 2 N–H and O–H groups in total. The minimum Gasteiger partial charge on any atom is -0.392 e. The van der Waals surface area contributed by atoms with E-state index in [0.29, 0.717) is 11.3 Å². The van der Waals surface area contributed by atoms with Crippen molar-refractivity contribution in [2.45, 2.75) is 43.5 Å². The van der Waals surface area contributed by atoms with Gasteiger partial charge < -0.3 is 19.9 Å². The second kappa shape index (κ2) is 15.6. The number of nitrogens with one attached hydrogen (secondary N) is 1. The van der Waals surface area contributed by atoms with Crippen molar-refractivity contribution in [3.8, 4) is 11.1 Å². The smallest absolute Gasteiger partial charge is 0.257 e. The van der Waals surface area contributed by atoms with E-state index in [4.69, 9.17) is 9.47 Å². The molecular formula is C39H32F5NO4S. The number of benzene rings is 5. The maximum Gasteiger partial charge on any atom is 0.257 e. The lowest BCUT2D eigenvalue weighted by Crippen LogP contribution is -2.38. The Morgan fingerprint density at radius 2 is 1.36 bits per heavy atom. The fraction of sp³-hybridized carbons (Fsp3) is 0.205. The molecule has 4 atom stereocenters. The van der Waals surface area contributed by atoms with Gasteiger partial charge in [0.05, 0.1) is 18.8 Å². The van der Waals surface area contributed by atoms with E-state index in [1.807, 2.05) is 72.8 Å². The lowest BCUT2D eigenvalue weighted by molar-refractivity contribution is -0.268. The first-order valence-corrected chi connectivity index (χ1v) is 16.8. The molecule has 50 heavy (non-hydrogen) atoms. The molecule has 1 aliphatic rings. The Bertz CT molecular complexity index is 1950. The Morgan fingerprint density at radius 3 is 2.04 bits per heavy atom. The van der Waals surface area contributed by atoms with Crippen LogP contribution in [0.5, 0.6) is 0 Å². The highest BCUT2D eigenvalue weighted by atomic mass is 32.2. The zero-order valence-electron chi connectivity index (χ0n) is 26.7. The van der Waals surface area contributed by atoms with E-state index in [1.54, 1.807) is 30.0 Å². The van der Waals surface area contributed by atoms with Crippen molar-refractivity contribution in [3.05, 3.63) is 160 Å². The van der Waals surface area contributed by atoms with Gasteiger partial charge >= 0.3 is 0 Å².